The zero-order valence-corrected chi connectivity index (χ0v) is 17.9. The Morgan fingerprint density at radius 1 is 1.14 bits per heavy atom. The number of amides is 2. The molecule has 1 aliphatic rings. The molecule has 1 saturated heterocycles. The summed E-state index contributed by atoms with van der Waals surface area (Å²) < 4.78 is 42.2. The van der Waals surface area contributed by atoms with E-state index < -0.39 is 58.2 Å². The highest BCUT2D eigenvalue weighted by atomic mass is 32.2. The molecule has 28 heavy (non-hydrogen) atoms. The average molecular weight is 424 g/mol. The number of hydrazine groups is 1. The van der Waals surface area contributed by atoms with Gasteiger partial charge in [-0.05, 0) is 41.5 Å². The van der Waals surface area contributed by atoms with Gasteiger partial charge in [0.2, 0.25) is 0 Å². The number of esters is 1. The van der Waals surface area contributed by atoms with Crippen molar-refractivity contribution >= 4 is 28.3 Å². The quantitative estimate of drug-likeness (QED) is 0.306. The Bertz CT molecular complexity index is 707. The zero-order chi connectivity index (χ0) is 21.9. The Balaban J connectivity index is 2.95. The minimum atomic E-state index is -3.73. The molecule has 0 aromatic heterocycles. The van der Waals surface area contributed by atoms with Crippen molar-refractivity contribution in [3.05, 3.63) is 0 Å². The van der Waals surface area contributed by atoms with Gasteiger partial charge in [0.1, 0.15) is 23.9 Å². The van der Waals surface area contributed by atoms with Crippen LogP contribution in [0.5, 0.6) is 0 Å². The van der Waals surface area contributed by atoms with E-state index in [0.717, 1.165) is 6.26 Å². The van der Waals surface area contributed by atoms with Crippen LogP contribution in [0.2, 0.25) is 0 Å². The largest absolute Gasteiger partial charge is 0.458 e. The molecule has 0 aromatic carbocycles. The van der Waals surface area contributed by atoms with Crippen molar-refractivity contribution in [3.63, 3.8) is 0 Å². The van der Waals surface area contributed by atoms with Gasteiger partial charge < -0.3 is 14.2 Å². The van der Waals surface area contributed by atoms with Crippen LogP contribution in [0.15, 0.2) is 0 Å². The van der Waals surface area contributed by atoms with Gasteiger partial charge in [-0.1, -0.05) is 0 Å². The molecule has 0 aliphatic carbocycles. The van der Waals surface area contributed by atoms with Gasteiger partial charge in [0.05, 0.1) is 6.26 Å². The normalized spacial score (nSPS) is 20.3. The summed E-state index contributed by atoms with van der Waals surface area (Å²) in [5, 5.41) is 0.683. The van der Waals surface area contributed by atoms with E-state index >= 15 is 0 Å². The average Bonchev–Trinajstić information content (AvgIpc) is 2.79. The fourth-order valence-electron chi connectivity index (χ4n) is 2.11. The molecule has 0 aromatic rings. The maximum absolute atomic E-state index is 12.5. The number of cyclic esters (lactones) is 1. The van der Waals surface area contributed by atoms with Crippen LogP contribution in [-0.2, 0) is 33.3 Å². The zero-order valence-electron chi connectivity index (χ0n) is 17.1. The molecule has 2 atom stereocenters. The van der Waals surface area contributed by atoms with Gasteiger partial charge in [-0.25, -0.2) is 24.8 Å². The molecule has 1 fully saturated rings. The summed E-state index contributed by atoms with van der Waals surface area (Å²) in [7, 11) is -3.73. The number of carbonyl (C=O) groups excluding carboxylic acids is 3. The highest BCUT2D eigenvalue weighted by Crippen LogP contribution is 2.22. The lowest BCUT2D eigenvalue weighted by atomic mass is 10.1. The van der Waals surface area contributed by atoms with Crippen molar-refractivity contribution in [2.75, 3.05) is 12.9 Å². The maximum atomic E-state index is 12.5. The molecule has 2 amide bonds. The van der Waals surface area contributed by atoms with E-state index in [-0.39, 0.29) is 6.42 Å². The minimum Gasteiger partial charge on any atom is -0.458 e. The number of nitrogens with zero attached hydrogens (tertiary/aromatic N) is 1. The van der Waals surface area contributed by atoms with Crippen molar-refractivity contribution < 1.29 is 41.2 Å². The molecule has 12 heteroatoms. The molecular weight excluding hydrogens is 396 g/mol. The van der Waals surface area contributed by atoms with Crippen LogP contribution in [-0.4, -0.2) is 67.8 Å². The summed E-state index contributed by atoms with van der Waals surface area (Å²) in [6.07, 6.45) is -2.13. The van der Waals surface area contributed by atoms with Crippen molar-refractivity contribution in [1.29, 1.82) is 0 Å². The molecule has 1 N–H and O–H groups in total. The predicted octanol–water partition coefficient (Wildman–Crippen LogP) is 1.32. The summed E-state index contributed by atoms with van der Waals surface area (Å²) in [6.45, 7) is 9.34. The number of carbonyl (C=O) groups is 3. The van der Waals surface area contributed by atoms with Gasteiger partial charge in [-0.3, -0.25) is 4.18 Å². The van der Waals surface area contributed by atoms with Crippen LogP contribution >= 0.6 is 0 Å². The van der Waals surface area contributed by atoms with Crippen LogP contribution in [0.4, 0.5) is 9.59 Å². The maximum Gasteiger partial charge on any atom is 0.430 e. The second kappa shape index (κ2) is 8.52. The van der Waals surface area contributed by atoms with Gasteiger partial charge >= 0.3 is 18.2 Å². The van der Waals surface area contributed by atoms with Crippen LogP contribution in [0, 0.1) is 0 Å². The number of hydrogen-bond donors (Lipinski definition) is 1. The van der Waals surface area contributed by atoms with Gasteiger partial charge in [0.15, 0.2) is 6.04 Å². The van der Waals surface area contributed by atoms with Crippen molar-refractivity contribution in [2.45, 2.75) is 71.3 Å². The lowest BCUT2D eigenvalue weighted by molar-refractivity contribution is -0.146. The monoisotopic (exact) mass is 424 g/mol. The van der Waals surface area contributed by atoms with Crippen LogP contribution in [0.3, 0.4) is 0 Å². The van der Waals surface area contributed by atoms with E-state index in [9.17, 15) is 22.8 Å². The first-order chi connectivity index (χ1) is 12.5. The highest BCUT2D eigenvalue weighted by Gasteiger charge is 2.44. The molecule has 1 rings (SSSR count). The van der Waals surface area contributed by atoms with E-state index in [1.807, 2.05) is 0 Å². The lowest BCUT2D eigenvalue weighted by Gasteiger charge is -2.30. The molecular formula is C16H28N2O9S. The number of hydrogen-bond acceptors (Lipinski definition) is 9. The van der Waals surface area contributed by atoms with Crippen molar-refractivity contribution in [1.82, 2.24) is 10.4 Å². The molecule has 0 spiro atoms. The third-order valence-corrected chi connectivity index (χ3v) is 3.59. The number of ether oxygens (including phenoxy) is 3. The van der Waals surface area contributed by atoms with Gasteiger partial charge in [-0.2, -0.15) is 8.42 Å². The van der Waals surface area contributed by atoms with E-state index in [1.165, 1.54) is 0 Å². The fraction of sp³-hybridized carbons (Fsp3) is 0.812. The van der Waals surface area contributed by atoms with Gasteiger partial charge in [0, 0.05) is 6.42 Å². The fourth-order valence-corrected chi connectivity index (χ4v) is 2.51. The first kappa shape index (κ1) is 24.0. The molecule has 0 bridgehead atoms. The Morgan fingerprint density at radius 2 is 1.68 bits per heavy atom. The van der Waals surface area contributed by atoms with E-state index in [0.29, 0.717) is 5.01 Å². The second-order valence-electron chi connectivity index (χ2n) is 8.26. The molecule has 0 radical (unpaired) electrons. The predicted molar refractivity (Wildman–Crippen MR) is 96.5 cm³/mol. The lowest BCUT2D eigenvalue weighted by Crippen LogP contribution is -2.55. The number of nitrogens with one attached hydrogen (secondary N) is 1. The molecule has 162 valence electrons. The van der Waals surface area contributed by atoms with Crippen LogP contribution in [0.25, 0.3) is 0 Å². The van der Waals surface area contributed by atoms with Crippen molar-refractivity contribution in [2.24, 2.45) is 0 Å². The molecule has 11 nitrogen and oxygen atoms in total. The Labute approximate surface area is 164 Å². The molecule has 0 saturated carbocycles. The molecule has 1 aliphatic heterocycles. The summed E-state index contributed by atoms with van der Waals surface area (Å²) >= 11 is 0. The van der Waals surface area contributed by atoms with Crippen molar-refractivity contribution in [3.8, 4) is 0 Å². The number of rotatable bonds is 4. The van der Waals surface area contributed by atoms with Gasteiger partial charge in [0.25, 0.3) is 10.1 Å². The third-order valence-electron chi connectivity index (χ3n) is 3.02. The van der Waals surface area contributed by atoms with Crippen LogP contribution < -0.4 is 5.43 Å². The summed E-state index contributed by atoms with van der Waals surface area (Å²) in [4.78, 5) is 36.8. The second-order valence-corrected chi connectivity index (χ2v) is 9.91. The Hall–Kier alpha value is -2.08. The Morgan fingerprint density at radius 3 is 2.14 bits per heavy atom. The topological polar surface area (TPSA) is 138 Å². The molecule has 0 unspecified atom stereocenters. The minimum absolute atomic E-state index is 0.108. The third kappa shape index (κ3) is 8.74. The van der Waals surface area contributed by atoms with E-state index in [2.05, 4.69) is 9.61 Å². The van der Waals surface area contributed by atoms with Gasteiger partial charge in [-0.15, -0.1) is 0 Å². The summed E-state index contributed by atoms with van der Waals surface area (Å²) in [6, 6.07) is -1.24. The SMILES string of the molecule is CC(C)(C)OC(=O)NN(C(=O)OC(C)(C)C)[C@H]1C[C@H](COS(C)(=O)=O)OC1=O. The molecule has 1 heterocycles. The first-order valence-electron chi connectivity index (χ1n) is 8.53. The Kier molecular flexibility index (Phi) is 7.29. The van der Waals surface area contributed by atoms with Crippen LogP contribution in [0.1, 0.15) is 48.0 Å². The van der Waals surface area contributed by atoms with E-state index in [4.69, 9.17) is 14.2 Å². The summed E-state index contributed by atoms with van der Waals surface area (Å²) in [5.74, 6) is -0.844. The van der Waals surface area contributed by atoms with E-state index in [1.54, 1.807) is 41.5 Å². The smallest absolute Gasteiger partial charge is 0.430 e. The summed E-state index contributed by atoms with van der Waals surface area (Å²) in [5.41, 5.74) is 0.461. The highest BCUT2D eigenvalue weighted by molar-refractivity contribution is 7.85. The standard InChI is InChI=1S/C16H28N2O9S/c1-15(2,3)26-13(20)17-18(14(21)27-16(4,5)6)11-8-10(25-12(11)19)9-24-28(7,22)23/h10-11H,8-9H2,1-7H3,(H,17,20)/t10-,11+/m1/s1. The first-order valence-corrected chi connectivity index (χ1v) is 10.4.